The van der Waals surface area contributed by atoms with Crippen LogP contribution in [0.2, 0.25) is 5.02 Å². The van der Waals surface area contributed by atoms with Crippen LogP contribution in [0.25, 0.3) is 0 Å². The number of carbonyl (C=O) groups excluding carboxylic acids is 1. The molecule has 6 heteroatoms. The first-order valence-corrected chi connectivity index (χ1v) is 8.35. The summed E-state index contributed by atoms with van der Waals surface area (Å²) < 4.78 is 0. The van der Waals surface area contributed by atoms with Gasteiger partial charge in [0.15, 0.2) is 0 Å². The topological polar surface area (TPSA) is 51.5 Å². The van der Waals surface area contributed by atoms with Gasteiger partial charge < -0.3 is 4.84 Å². The number of hydrogen-bond acceptors (Lipinski definition) is 5. The van der Waals surface area contributed by atoms with Crippen LogP contribution in [0, 0.1) is 5.92 Å². The summed E-state index contributed by atoms with van der Waals surface area (Å²) in [5, 5.41) is 5.25. The molecular weight excluding hydrogens is 332 g/mol. The molecule has 0 N–H and O–H groups in total. The zero-order chi connectivity index (χ0) is 16.7. The molecule has 1 aromatic carbocycles. The number of nitrogens with zero attached hydrogens (tertiary/aromatic N) is 2. The third-order valence-electron chi connectivity index (χ3n) is 2.73. The van der Waals surface area contributed by atoms with Gasteiger partial charge in [-0.1, -0.05) is 42.4 Å². The molecule has 0 fully saturated rings. The van der Waals surface area contributed by atoms with Crippen molar-refractivity contribution in [3.05, 3.63) is 53.2 Å². The molecule has 0 radical (unpaired) electrons. The molecule has 0 spiro atoms. The highest BCUT2D eigenvalue weighted by Gasteiger charge is 2.05. The van der Waals surface area contributed by atoms with E-state index in [1.54, 1.807) is 18.0 Å². The molecule has 0 aliphatic rings. The van der Waals surface area contributed by atoms with Crippen molar-refractivity contribution in [3.8, 4) is 0 Å². The quantitative estimate of drug-likeness (QED) is 0.427. The first kappa shape index (κ1) is 17.5. The SMILES string of the molecule is CC(C)CC(=O)O/N=C/c1ccc(Sc2ccc(Cl)cc2)nc1. The van der Waals surface area contributed by atoms with Gasteiger partial charge in [0.1, 0.15) is 5.03 Å². The van der Waals surface area contributed by atoms with E-state index in [9.17, 15) is 4.79 Å². The van der Waals surface area contributed by atoms with E-state index in [-0.39, 0.29) is 11.9 Å². The normalized spacial score (nSPS) is 11.1. The molecule has 23 heavy (non-hydrogen) atoms. The van der Waals surface area contributed by atoms with Gasteiger partial charge in [-0.25, -0.2) is 9.78 Å². The van der Waals surface area contributed by atoms with Crippen molar-refractivity contribution >= 4 is 35.5 Å². The van der Waals surface area contributed by atoms with E-state index in [1.165, 1.54) is 6.21 Å². The van der Waals surface area contributed by atoms with Crippen molar-refractivity contribution in [2.24, 2.45) is 11.1 Å². The Bertz CT molecular complexity index is 670. The van der Waals surface area contributed by atoms with Gasteiger partial charge >= 0.3 is 5.97 Å². The van der Waals surface area contributed by atoms with E-state index in [1.807, 2.05) is 50.2 Å². The molecule has 120 valence electrons. The molecule has 0 saturated heterocycles. The van der Waals surface area contributed by atoms with Crippen LogP contribution in [-0.4, -0.2) is 17.2 Å². The van der Waals surface area contributed by atoms with E-state index < -0.39 is 0 Å². The third-order valence-corrected chi connectivity index (χ3v) is 3.94. The highest BCUT2D eigenvalue weighted by atomic mass is 35.5. The average molecular weight is 349 g/mol. The molecule has 0 amide bonds. The van der Waals surface area contributed by atoms with Crippen LogP contribution in [0.1, 0.15) is 25.8 Å². The first-order chi connectivity index (χ1) is 11.0. The molecular formula is C17H17ClN2O2S. The number of carbonyl (C=O) groups is 1. The zero-order valence-corrected chi connectivity index (χ0v) is 14.5. The molecule has 0 atom stereocenters. The van der Waals surface area contributed by atoms with Crippen molar-refractivity contribution in [2.45, 2.75) is 30.2 Å². The maximum absolute atomic E-state index is 11.4. The fourth-order valence-corrected chi connectivity index (χ4v) is 2.55. The van der Waals surface area contributed by atoms with Crippen LogP contribution in [0.3, 0.4) is 0 Å². The lowest BCUT2D eigenvalue weighted by molar-refractivity contribution is -0.144. The number of benzene rings is 1. The Balaban J connectivity index is 1.89. The van der Waals surface area contributed by atoms with Crippen LogP contribution < -0.4 is 0 Å². The second-order valence-corrected chi connectivity index (χ2v) is 6.81. The summed E-state index contributed by atoms with van der Waals surface area (Å²) in [7, 11) is 0. The summed E-state index contributed by atoms with van der Waals surface area (Å²) in [5.74, 6) is -0.0809. The Hall–Kier alpha value is -1.85. The van der Waals surface area contributed by atoms with Crippen molar-refractivity contribution in [2.75, 3.05) is 0 Å². The summed E-state index contributed by atoms with van der Waals surface area (Å²) in [4.78, 5) is 21.5. The highest BCUT2D eigenvalue weighted by molar-refractivity contribution is 7.99. The molecule has 0 aliphatic carbocycles. The van der Waals surface area contributed by atoms with Crippen LogP contribution >= 0.6 is 23.4 Å². The lowest BCUT2D eigenvalue weighted by atomic mass is 10.1. The predicted octanol–water partition coefficient (Wildman–Crippen LogP) is 4.81. The lowest BCUT2D eigenvalue weighted by Gasteiger charge is -2.02. The molecule has 1 heterocycles. The monoisotopic (exact) mass is 348 g/mol. The molecule has 4 nitrogen and oxygen atoms in total. The van der Waals surface area contributed by atoms with Gasteiger partial charge in [-0.3, -0.25) is 0 Å². The Morgan fingerprint density at radius 2 is 2.04 bits per heavy atom. The van der Waals surface area contributed by atoms with Gasteiger partial charge in [0.05, 0.1) is 12.6 Å². The maximum Gasteiger partial charge on any atom is 0.335 e. The predicted molar refractivity (Wildman–Crippen MR) is 93.0 cm³/mol. The number of halogens is 1. The van der Waals surface area contributed by atoms with Gasteiger partial charge in [0.25, 0.3) is 0 Å². The maximum atomic E-state index is 11.4. The van der Waals surface area contributed by atoms with E-state index in [2.05, 4.69) is 10.1 Å². The number of pyridine rings is 1. The Morgan fingerprint density at radius 1 is 1.30 bits per heavy atom. The van der Waals surface area contributed by atoms with E-state index in [0.29, 0.717) is 11.4 Å². The van der Waals surface area contributed by atoms with Crippen molar-refractivity contribution in [3.63, 3.8) is 0 Å². The van der Waals surface area contributed by atoms with Crippen molar-refractivity contribution in [1.29, 1.82) is 0 Å². The van der Waals surface area contributed by atoms with Crippen molar-refractivity contribution in [1.82, 2.24) is 4.98 Å². The van der Waals surface area contributed by atoms with Crippen LogP contribution in [0.4, 0.5) is 0 Å². The van der Waals surface area contributed by atoms with Gasteiger partial charge in [-0.2, -0.15) is 0 Å². The Labute approximate surface area is 144 Å². The average Bonchev–Trinajstić information content (AvgIpc) is 2.50. The molecule has 0 bridgehead atoms. The summed E-state index contributed by atoms with van der Waals surface area (Å²) in [5.41, 5.74) is 0.766. The minimum atomic E-state index is -0.334. The minimum Gasteiger partial charge on any atom is -0.318 e. The molecule has 0 unspecified atom stereocenters. The second-order valence-electron chi connectivity index (χ2n) is 5.28. The minimum absolute atomic E-state index is 0.253. The Kier molecular flexibility index (Phi) is 6.62. The largest absolute Gasteiger partial charge is 0.335 e. The number of rotatable bonds is 6. The van der Waals surface area contributed by atoms with Gasteiger partial charge in [0, 0.05) is 21.7 Å². The number of oxime groups is 1. The van der Waals surface area contributed by atoms with Crippen LogP contribution in [0.15, 0.2) is 57.7 Å². The third kappa shape index (κ3) is 6.42. The standard InChI is InChI=1S/C17H17ClN2O2S/c1-12(2)9-17(21)22-20-11-13-3-8-16(19-10-13)23-15-6-4-14(18)5-7-15/h3-8,10-12H,9H2,1-2H3/b20-11+. The molecule has 2 aromatic rings. The van der Waals surface area contributed by atoms with E-state index in [4.69, 9.17) is 16.4 Å². The molecule has 2 rings (SSSR count). The van der Waals surface area contributed by atoms with E-state index in [0.717, 1.165) is 15.5 Å². The molecule has 0 saturated carbocycles. The highest BCUT2D eigenvalue weighted by Crippen LogP contribution is 2.26. The smallest absolute Gasteiger partial charge is 0.318 e. The lowest BCUT2D eigenvalue weighted by Crippen LogP contribution is -2.04. The van der Waals surface area contributed by atoms with Gasteiger partial charge in [0.2, 0.25) is 0 Å². The van der Waals surface area contributed by atoms with Crippen LogP contribution in [0.5, 0.6) is 0 Å². The zero-order valence-electron chi connectivity index (χ0n) is 12.9. The fraction of sp³-hybridized carbons (Fsp3) is 0.235. The van der Waals surface area contributed by atoms with Gasteiger partial charge in [-0.15, -0.1) is 0 Å². The number of aromatic nitrogens is 1. The Morgan fingerprint density at radius 3 is 2.65 bits per heavy atom. The van der Waals surface area contributed by atoms with Gasteiger partial charge in [-0.05, 0) is 42.3 Å². The summed E-state index contributed by atoms with van der Waals surface area (Å²) in [6.45, 7) is 3.90. The van der Waals surface area contributed by atoms with Crippen LogP contribution in [-0.2, 0) is 9.63 Å². The summed E-state index contributed by atoms with van der Waals surface area (Å²) in [6.07, 6.45) is 3.51. The summed E-state index contributed by atoms with van der Waals surface area (Å²) in [6, 6.07) is 11.3. The van der Waals surface area contributed by atoms with Crippen molar-refractivity contribution < 1.29 is 9.63 Å². The molecule has 0 aliphatic heterocycles. The number of hydrogen-bond donors (Lipinski definition) is 0. The first-order valence-electron chi connectivity index (χ1n) is 7.15. The fourth-order valence-electron chi connectivity index (χ4n) is 1.67. The summed E-state index contributed by atoms with van der Waals surface area (Å²) >= 11 is 7.40. The second kappa shape index (κ2) is 8.70. The van der Waals surface area contributed by atoms with E-state index >= 15 is 0 Å². The molecule has 1 aromatic heterocycles.